The first kappa shape index (κ1) is 18.2. The molecule has 3 rings (SSSR count). The Morgan fingerprint density at radius 2 is 1.54 bits per heavy atom. The molecule has 0 radical (unpaired) electrons. The van der Waals surface area contributed by atoms with E-state index in [-0.39, 0.29) is 15.5 Å². The van der Waals surface area contributed by atoms with Crippen LogP contribution >= 0.6 is 0 Å². The SMILES string of the molecule is O=C1Nc2cc(S(=O)(=O)c3ccccc3)ccc2OC1(C(F)F)C(F)F. The lowest BCUT2D eigenvalue weighted by atomic mass is 10.0. The lowest BCUT2D eigenvalue weighted by Gasteiger charge is -2.35. The van der Waals surface area contributed by atoms with Gasteiger partial charge in [0.2, 0.25) is 9.84 Å². The van der Waals surface area contributed by atoms with Crippen LogP contribution in [-0.4, -0.2) is 32.8 Å². The Hall–Kier alpha value is -2.62. The number of fused-ring (bicyclic) bond motifs is 1. The summed E-state index contributed by atoms with van der Waals surface area (Å²) < 4.78 is 82.1. The lowest BCUT2D eigenvalue weighted by molar-refractivity contribution is -0.177. The number of carbonyl (C=O) groups is 1. The molecule has 0 aliphatic carbocycles. The van der Waals surface area contributed by atoms with Crippen LogP contribution in [0.5, 0.6) is 5.75 Å². The second kappa shape index (κ2) is 6.27. The summed E-state index contributed by atoms with van der Waals surface area (Å²) in [4.78, 5) is 11.6. The van der Waals surface area contributed by atoms with Crippen LogP contribution in [0, 0.1) is 0 Å². The van der Waals surface area contributed by atoms with Gasteiger partial charge in [0.1, 0.15) is 5.75 Å². The number of hydrogen-bond acceptors (Lipinski definition) is 4. The summed E-state index contributed by atoms with van der Waals surface area (Å²) >= 11 is 0. The summed E-state index contributed by atoms with van der Waals surface area (Å²) in [5.74, 6) is -2.22. The van der Waals surface area contributed by atoms with Crippen LogP contribution in [0.2, 0.25) is 0 Å². The average Bonchev–Trinajstić information content (AvgIpc) is 2.60. The minimum atomic E-state index is -3.95. The summed E-state index contributed by atoms with van der Waals surface area (Å²) in [6.45, 7) is 0. The van der Waals surface area contributed by atoms with Crippen molar-refractivity contribution in [3.05, 3.63) is 48.5 Å². The van der Waals surface area contributed by atoms with Gasteiger partial charge in [-0.25, -0.2) is 26.0 Å². The number of anilines is 1. The van der Waals surface area contributed by atoms with Gasteiger partial charge in [0.05, 0.1) is 15.5 Å². The third-order valence-electron chi connectivity index (χ3n) is 3.85. The van der Waals surface area contributed by atoms with Crippen LogP contribution in [0.15, 0.2) is 58.3 Å². The quantitative estimate of drug-likeness (QED) is 0.816. The second-order valence-corrected chi connectivity index (χ2v) is 7.37. The molecule has 1 heterocycles. The zero-order valence-corrected chi connectivity index (χ0v) is 13.6. The first-order chi connectivity index (χ1) is 12.2. The summed E-state index contributed by atoms with van der Waals surface area (Å²) in [6.07, 6.45) is -7.58. The first-order valence-corrected chi connectivity index (χ1v) is 8.69. The molecule has 1 N–H and O–H groups in total. The van der Waals surface area contributed by atoms with Gasteiger partial charge in [-0.2, -0.15) is 0 Å². The van der Waals surface area contributed by atoms with Crippen molar-refractivity contribution in [1.82, 2.24) is 0 Å². The van der Waals surface area contributed by atoms with Gasteiger partial charge in [-0.15, -0.1) is 0 Å². The highest BCUT2D eigenvalue weighted by Crippen LogP contribution is 2.41. The monoisotopic (exact) mass is 389 g/mol. The Balaban J connectivity index is 2.05. The molecule has 2 aromatic carbocycles. The normalized spacial score (nSPS) is 16.2. The average molecular weight is 389 g/mol. The predicted molar refractivity (Wildman–Crippen MR) is 82.3 cm³/mol. The molecular formula is C16H11F4NO4S. The fourth-order valence-corrected chi connectivity index (χ4v) is 3.74. The maximum Gasteiger partial charge on any atom is 0.306 e. The second-order valence-electron chi connectivity index (χ2n) is 5.43. The van der Waals surface area contributed by atoms with E-state index in [2.05, 4.69) is 4.74 Å². The van der Waals surface area contributed by atoms with Crippen molar-refractivity contribution in [3.8, 4) is 5.75 Å². The van der Waals surface area contributed by atoms with Gasteiger partial charge in [-0.05, 0) is 30.3 Å². The van der Waals surface area contributed by atoms with Gasteiger partial charge in [-0.3, -0.25) is 4.79 Å². The van der Waals surface area contributed by atoms with Gasteiger partial charge in [0.15, 0.2) is 0 Å². The number of nitrogens with one attached hydrogen (secondary N) is 1. The number of benzene rings is 2. The molecule has 0 bridgehead atoms. The largest absolute Gasteiger partial charge is 0.463 e. The van der Waals surface area contributed by atoms with E-state index in [1.54, 1.807) is 6.07 Å². The van der Waals surface area contributed by atoms with E-state index < -0.39 is 39.9 Å². The van der Waals surface area contributed by atoms with E-state index in [1.807, 2.05) is 5.32 Å². The van der Waals surface area contributed by atoms with E-state index in [4.69, 9.17) is 0 Å². The highest BCUT2D eigenvalue weighted by atomic mass is 32.2. The third kappa shape index (κ3) is 2.70. The fourth-order valence-electron chi connectivity index (χ4n) is 2.43. The maximum absolute atomic E-state index is 13.1. The van der Waals surface area contributed by atoms with Crippen LogP contribution < -0.4 is 10.1 Å². The molecule has 1 amide bonds. The minimum Gasteiger partial charge on any atom is -0.463 e. The standard InChI is InChI=1S/C16H11F4NO4S/c17-13(18)16(14(19)20)15(22)21-11-8-10(6-7-12(11)25-16)26(23,24)9-4-2-1-3-5-9/h1-8,13-14H,(H,21,22). The molecule has 2 aromatic rings. The maximum atomic E-state index is 13.1. The van der Waals surface area contributed by atoms with E-state index in [0.29, 0.717) is 0 Å². The van der Waals surface area contributed by atoms with E-state index in [0.717, 1.165) is 18.2 Å². The Kier molecular flexibility index (Phi) is 4.39. The van der Waals surface area contributed by atoms with Crippen LogP contribution in [0.3, 0.4) is 0 Å². The van der Waals surface area contributed by atoms with Crippen molar-refractivity contribution in [2.45, 2.75) is 28.2 Å². The Bertz CT molecular complexity index is 940. The Morgan fingerprint density at radius 1 is 0.923 bits per heavy atom. The van der Waals surface area contributed by atoms with Crippen molar-refractivity contribution < 1.29 is 35.5 Å². The van der Waals surface area contributed by atoms with E-state index >= 15 is 0 Å². The number of ether oxygens (including phenoxy) is 1. The number of sulfone groups is 1. The number of hydrogen-bond donors (Lipinski definition) is 1. The minimum absolute atomic E-state index is 0.0301. The van der Waals surface area contributed by atoms with Crippen molar-refractivity contribution >= 4 is 21.4 Å². The highest BCUT2D eigenvalue weighted by molar-refractivity contribution is 7.91. The number of alkyl halides is 4. The van der Waals surface area contributed by atoms with Gasteiger partial charge in [0.25, 0.3) is 18.8 Å². The van der Waals surface area contributed by atoms with Gasteiger partial charge < -0.3 is 10.1 Å². The molecule has 0 saturated carbocycles. The third-order valence-corrected chi connectivity index (χ3v) is 5.61. The van der Waals surface area contributed by atoms with Crippen molar-refractivity contribution in [2.75, 3.05) is 5.32 Å². The molecule has 0 unspecified atom stereocenters. The number of rotatable bonds is 4. The Morgan fingerprint density at radius 3 is 2.12 bits per heavy atom. The Labute approximate surface area is 145 Å². The van der Waals surface area contributed by atoms with E-state index in [9.17, 15) is 30.8 Å². The summed E-state index contributed by atoms with van der Waals surface area (Å²) in [5, 5.41) is 1.89. The molecule has 0 fully saturated rings. The number of amides is 1. The zero-order chi connectivity index (χ0) is 19.1. The zero-order valence-electron chi connectivity index (χ0n) is 12.8. The van der Waals surface area contributed by atoms with E-state index in [1.165, 1.54) is 24.3 Å². The summed E-state index contributed by atoms with van der Waals surface area (Å²) in [6, 6.07) is 10.3. The first-order valence-electron chi connectivity index (χ1n) is 7.20. The molecule has 1 aliphatic rings. The molecule has 0 saturated heterocycles. The molecule has 5 nitrogen and oxygen atoms in total. The number of halogens is 4. The summed E-state index contributed by atoms with van der Waals surface area (Å²) in [7, 11) is -3.95. The van der Waals surface area contributed by atoms with Crippen LogP contribution in [0.25, 0.3) is 0 Å². The van der Waals surface area contributed by atoms with Gasteiger partial charge in [-0.1, -0.05) is 18.2 Å². The van der Waals surface area contributed by atoms with Crippen molar-refractivity contribution in [2.24, 2.45) is 0 Å². The lowest BCUT2D eigenvalue weighted by Crippen LogP contribution is -2.61. The van der Waals surface area contributed by atoms with Crippen LogP contribution in [-0.2, 0) is 14.6 Å². The smallest absolute Gasteiger partial charge is 0.306 e. The predicted octanol–water partition coefficient (Wildman–Crippen LogP) is 3.12. The number of carbonyl (C=O) groups excluding carboxylic acids is 1. The molecule has 0 spiro atoms. The van der Waals surface area contributed by atoms with Crippen molar-refractivity contribution in [3.63, 3.8) is 0 Å². The highest BCUT2D eigenvalue weighted by Gasteiger charge is 2.60. The topological polar surface area (TPSA) is 72.5 Å². The molecule has 138 valence electrons. The fraction of sp³-hybridized carbons (Fsp3) is 0.188. The van der Waals surface area contributed by atoms with Crippen molar-refractivity contribution in [1.29, 1.82) is 0 Å². The molecule has 26 heavy (non-hydrogen) atoms. The molecule has 10 heteroatoms. The van der Waals surface area contributed by atoms with Crippen LogP contribution in [0.4, 0.5) is 23.2 Å². The van der Waals surface area contributed by atoms with Crippen LogP contribution in [0.1, 0.15) is 0 Å². The van der Waals surface area contributed by atoms with Gasteiger partial charge >= 0.3 is 5.60 Å². The molecule has 1 aliphatic heterocycles. The van der Waals surface area contributed by atoms with Gasteiger partial charge in [0, 0.05) is 0 Å². The summed E-state index contributed by atoms with van der Waals surface area (Å²) in [5.41, 5.74) is -3.93. The molecule has 0 aromatic heterocycles. The molecule has 0 atom stereocenters. The molecular weight excluding hydrogens is 378 g/mol.